The van der Waals surface area contributed by atoms with E-state index < -0.39 is 0 Å². The van der Waals surface area contributed by atoms with Crippen molar-refractivity contribution in [2.45, 2.75) is 0 Å². The van der Waals surface area contributed by atoms with Crippen molar-refractivity contribution in [1.29, 1.82) is 0 Å². The van der Waals surface area contributed by atoms with Crippen LogP contribution in [0.3, 0.4) is 0 Å². The zero-order valence-corrected chi connectivity index (χ0v) is 9.74. The van der Waals surface area contributed by atoms with Gasteiger partial charge in [0.05, 0.1) is 6.54 Å². The van der Waals surface area contributed by atoms with Crippen LogP contribution in [0.5, 0.6) is 0 Å². The van der Waals surface area contributed by atoms with E-state index in [4.69, 9.17) is 18.0 Å². The highest BCUT2D eigenvalue weighted by atomic mass is 35.5. The van der Waals surface area contributed by atoms with Crippen LogP contribution in [0.25, 0.3) is 6.08 Å². The van der Waals surface area contributed by atoms with Crippen LogP contribution in [0.15, 0.2) is 30.3 Å². The highest BCUT2D eigenvalue weighted by Crippen LogP contribution is 2.10. The third-order valence-electron chi connectivity index (χ3n) is 1.99. The van der Waals surface area contributed by atoms with Gasteiger partial charge in [0.1, 0.15) is 0 Å². The van der Waals surface area contributed by atoms with Crippen molar-refractivity contribution < 1.29 is 4.79 Å². The summed E-state index contributed by atoms with van der Waals surface area (Å²) in [5.74, 6) is 2.29. The first-order valence-corrected chi connectivity index (χ1v) is 5.13. The fraction of sp³-hybridized carbons (Fsp3) is 0.154. The Bertz CT molecular complexity index is 428. The third kappa shape index (κ3) is 3.80. The number of benzene rings is 1. The van der Waals surface area contributed by atoms with Gasteiger partial charge in [0, 0.05) is 18.1 Å². The van der Waals surface area contributed by atoms with Crippen LogP contribution in [0.1, 0.15) is 5.56 Å². The summed E-state index contributed by atoms with van der Waals surface area (Å²) in [5.41, 5.74) is 0.923. The fourth-order valence-corrected chi connectivity index (χ4v) is 1.21. The second kappa shape index (κ2) is 5.99. The summed E-state index contributed by atoms with van der Waals surface area (Å²) in [6.07, 6.45) is 8.32. The van der Waals surface area contributed by atoms with E-state index >= 15 is 0 Å². The number of rotatable bonds is 3. The van der Waals surface area contributed by atoms with Gasteiger partial charge in [-0.15, -0.1) is 6.42 Å². The summed E-state index contributed by atoms with van der Waals surface area (Å²) < 4.78 is 0. The predicted octanol–water partition coefficient (Wildman–Crippen LogP) is 2.44. The maximum absolute atomic E-state index is 11.5. The number of carbonyl (C=O) groups is 1. The van der Waals surface area contributed by atoms with E-state index in [2.05, 4.69) is 5.92 Å². The molecule has 0 radical (unpaired) electrons. The monoisotopic (exact) mass is 233 g/mol. The van der Waals surface area contributed by atoms with Gasteiger partial charge in [-0.25, -0.2) is 0 Å². The van der Waals surface area contributed by atoms with Crippen LogP contribution in [-0.2, 0) is 4.79 Å². The van der Waals surface area contributed by atoms with Crippen molar-refractivity contribution >= 4 is 23.6 Å². The van der Waals surface area contributed by atoms with Gasteiger partial charge in [-0.2, -0.15) is 0 Å². The van der Waals surface area contributed by atoms with E-state index in [0.717, 1.165) is 5.56 Å². The highest BCUT2D eigenvalue weighted by molar-refractivity contribution is 6.30. The van der Waals surface area contributed by atoms with Crippen molar-refractivity contribution in [3.8, 4) is 12.3 Å². The molecule has 0 N–H and O–H groups in total. The first-order chi connectivity index (χ1) is 7.63. The van der Waals surface area contributed by atoms with Crippen molar-refractivity contribution in [3.63, 3.8) is 0 Å². The van der Waals surface area contributed by atoms with E-state index in [1.54, 1.807) is 25.3 Å². The molecule has 1 rings (SSSR count). The van der Waals surface area contributed by atoms with Gasteiger partial charge < -0.3 is 4.90 Å². The average Bonchev–Trinajstić information content (AvgIpc) is 2.28. The van der Waals surface area contributed by atoms with E-state index in [1.165, 1.54) is 11.0 Å². The van der Waals surface area contributed by atoms with Gasteiger partial charge in [0.2, 0.25) is 5.91 Å². The molecule has 1 amide bonds. The van der Waals surface area contributed by atoms with Crippen LogP contribution in [-0.4, -0.2) is 24.4 Å². The Balaban J connectivity index is 2.64. The smallest absolute Gasteiger partial charge is 0.247 e. The van der Waals surface area contributed by atoms with Gasteiger partial charge in [-0.1, -0.05) is 29.7 Å². The molecule has 2 nitrogen and oxygen atoms in total. The molecule has 0 bridgehead atoms. The minimum absolute atomic E-state index is 0.118. The molecule has 0 heterocycles. The quantitative estimate of drug-likeness (QED) is 0.580. The Morgan fingerprint density at radius 1 is 1.50 bits per heavy atom. The molecule has 1 aromatic rings. The Hall–Kier alpha value is -1.72. The molecule has 0 atom stereocenters. The largest absolute Gasteiger partial charge is 0.331 e. The first kappa shape index (κ1) is 12.4. The number of carbonyl (C=O) groups excluding carboxylic acids is 1. The summed E-state index contributed by atoms with van der Waals surface area (Å²) in [5, 5.41) is 0.674. The number of nitrogens with zero attached hydrogens (tertiary/aromatic N) is 1. The predicted molar refractivity (Wildman–Crippen MR) is 67.0 cm³/mol. The van der Waals surface area contributed by atoms with Gasteiger partial charge in [0.25, 0.3) is 0 Å². The second-order valence-corrected chi connectivity index (χ2v) is 3.72. The zero-order chi connectivity index (χ0) is 12.0. The van der Waals surface area contributed by atoms with E-state index in [1.807, 2.05) is 12.1 Å². The van der Waals surface area contributed by atoms with Gasteiger partial charge >= 0.3 is 0 Å². The van der Waals surface area contributed by atoms with Crippen molar-refractivity contribution in [1.82, 2.24) is 4.90 Å². The highest BCUT2D eigenvalue weighted by Gasteiger charge is 2.01. The number of amides is 1. The minimum Gasteiger partial charge on any atom is -0.331 e. The lowest BCUT2D eigenvalue weighted by molar-refractivity contribution is -0.124. The Morgan fingerprint density at radius 2 is 2.12 bits per heavy atom. The molecule has 0 saturated heterocycles. The lowest BCUT2D eigenvalue weighted by atomic mass is 10.2. The van der Waals surface area contributed by atoms with Crippen molar-refractivity contribution in [2.75, 3.05) is 13.6 Å². The normalized spacial score (nSPS) is 10.1. The van der Waals surface area contributed by atoms with Gasteiger partial charge in [-0.05, 0) is 23.8 Å². The van der Waals surface area contributed by atoms with Crippen LogP contribution >= 0.6 is 11.6 Å². The van der Waals surface area contributed by atoms with E-state index in [0.29, 0.717) is 11.6 Å². The molecule has 0 unspecified atom stereocenters. The van der Waals surface area contributed by atoms with Crippen LogP contribution in [0.2, 0.25) is 5.02 Å². The first-order valence-electron chi connectivity index (χ1n) is 4.75. The number of hydrogen-bond acceptors (Lipinski definition) is 1. The molecule has 82 valence electrons. The SMILES string of the molecule is C#CCN(C)C(=O)/C=C/c1ccc(Cl)cc1. The second-order valence-electron chi connectivity index (χ2n) is 3.28. The standard InChI is InChI=1S/C13H12ClNO/c1-3-10-15(2)13(16)9-6-11-4-7-12(14)8-5-11/h1,4-9H,10H2,2H3/b9-6+. The summed E-state index contributed by atoms with van der Waals surface area (Å²) in [7, 11) is 1.66. The van der Waals surface area contributed by atoms with Crippen molar-refractivity contribution in [2.24, 2.45) is 0 Å². The molecular weight excluding hydrogens is 222 g/mol. The van der Waals surface area contributed by atoms with Crippen LogP contribution in [0.4, 0.5) is 0 Å². The van der Waals surface area contributed by atoms with Gasteiger partial charge in [0.15, 0.2) is 0 Å². The number of likely N-dealkylation sites (N-methyl/N-ethyl adjacent to an activating group) is 1. The summed E-state index contributed by atoms with van der Waals surface area (Å²) in [6.45, 7) is 0.309. The van der Waals surface area contributed by atoms with Gasteiger partial charge in [-0.3, -0.25) is 4.79 Å². The molecule has 0 aromatic heterocycles. The lowest BCUT2D eigenvalue weighted by Crippen LogP contribution is -2.24. The molecule has 1 aromatic carbocycles. The maximum atomic E-state index is 11.5. The van der Waals surface area contributed by atoms with Crippen LogP contribution < -0.4 is 0 Å². The average molecular weight is 234 g/mol. The Morgan fingerprint density at radius 3 is 2.69 bits per heavy atom. The molecule has 0 aliphatic heterocycles. The Labute approximate surface area is 101 Å². The van der Waals surface area contributed by atoms with Crippen molar-refractivity contribution in [3.05, 3.63) is 40.9 Å². The van der Waals surface area contributed by atoms with Crippen LogP contribution in [0, 0.1) is 12.3 Å². The molecule has 16 heavy (non-hydrogen) atoms. The maximum Gasteiger partial charge on any atom is 0.247 e. The number of terminal acetylenes is 1. The summed E-state index contributed by atoms with van der Waals surface area (Å²) in [4.78, 5) is 13.0. The minimum atomic E-state index is -0.118. The molecular formula is C13H12ClNO. The summed E-state index contributed by atoms with van der Waals surface area (Å²) >= 11 is 5.74. The van der Waals surface area contributed by atoms with E-state index in [-0.39, 0.29) is 5.91 Å². The molecule has 3 heteroatoms. The number of halogens is 1. The topological polar surface area (TPSA) is 20.3 Å². The lowest BCUT2D eigenvalue weighted by Gasteiger charge is -2.09. The summed E-state index contributed by atoms with van der Waals surface area (Å²) in [6, 6.07) is 7.23. The molecule has 0 aliphatic rings. The number of hydrogen-bond donors (Lipinski definition) is 0. The third-order valence-corrected chi connectivity index (χ3v) is 2.25. The molecule has 0 saturated carbocycles. The fourth-order valence-electron chi connectivity index (χ4n) is 1.08. The molecule has 0 fully saturated rings. The molecule has 0 aliphatic carbocycles. The zero-order valence-electron chi connectivity index (χ0n) is 8.98. The van der Waals surface area contributed by atoms with E-state index in [9.17, 15) is 4.79 Å². The molecule has 0 spiro atoms. The Kier molecular flexibility index (Phi) is 4.63.